The smallest absolute Gasteiger partial charge is 0.293 e. The van der Waals surface area contributed by atoms with Crippen LogP contribution in [0.15, 0.2) is 16.5 Å². The van der Waals surface area contributed by atoms with E-state index in [1.807, 2.05) is 19.9 Å². The SMILES string of the molecule is Cc1cc2oc(C(=O)Nc3nc4c(s3)CCCC4)c(C)c2cc1C. The van der Waals surface area contributed by atoms with Crippen molar-refractivity contribution in [1.82, 2.24) is 4.98 Å². The van der Waals surface area contributed by atoms with E-state index in [1.165, 1.54) is 23.3 Å². The molecule has 5 heteroatoms. The van der Waals surface area contributed by atoms with Crippen molar-refractivity contribution in [3.63, 3.8) is 0 Å². The Morgan fingerprint density at radius 2 is 1.92 bits per heavy atom. The van der Waals surface area contributed by atoms with Crippen molar-refractivity contribution >= 4 is 33.3 Å². The maximum atomic E-state index is 12.6. The van der Waals surface area contributed by atoms with Gasteiger partial charge in [0, 0.05) is 15.8 Å². The summed E-state index contributed by atoms with van der Waals surface area (Å²) >= 11 is 1.59. The molecule has 0 fully saturated rings. The molecule has 0 atom stereocenters. The molecular weight excluding hydrogens is 320 g/mol. The van der Waals surface area contributed by atoms with Crippen LogP contribution in [0.2, 0.25) is 0 Å². The summed E-state index contributed by atoms with van der Waals surface area (Å²) in [5.74, 6) is 0.160. The van der Waals surface area contributed by atoms with Crippen molar-refractivity contribution in [2.45, 2.75) is 46.5 Å². The second-order valence-electron chi connectivity index (χ2n) is 6.54. The lowest BCUT2D eigenvalue weighted by Crippen LogP contribution is -2.12. The molecule has 0 saturated carbocycles. The monoisotopic (exact) mass is 340 g/mol. The number of hydrogen-bond acceptors (Lipinski definition) is 4. The third-order valence-corrected chi connectivity index (χ3v) is 5.90. The Bertz CT molecular complexity index is 929. The lowest BCUT2D eigenvalue weighted by molar-refractivity contribution is 0.0998. The molecule has 24 heavy (non-hydrogen) atoms. The van der Waals surface area contributed by atoms with E-state index in [0.29, 0.717) is 10.9 Å². The highest BCUT2D eigenvalue weighted by molar-refractivity contribution is 7.15. The second kappa shape index (κ2) is 5.74. The minimum atomic E-state index is -0.217. The first-order chi connectivity index (χ1) is 11.5. The normalized spacial score (nSPS) is 14.0. The largest absolute Gasteiger partial charge is 0.451 e. The Morgan fingerprint density at radius 1 is 1.17 bits per heavy atom. The van der Waals surface area contributed by atoms with Crippen LogP contribution >= 0.6 is 11.3 Å². The number of aryl methyl sites for hydroxylation is 5. The number of fused-ring (bicyclic) bond motifs is 2. The number of rotatable bonds is 2. The Hall–Kier alpha value is -2.14. The molecule has 1 aliphatic rings. The van der Waals surface area contributed by atoms with E-state index in [1.54, 1.807) is 11.3 Å². The van der Waals surface area contributed by atoms with Gasteiger partial charge in [0.25, 0.3) is 5.91 Å². The fraction of sp³-hybridized carbons (Fsp3) is 0.368. The molecule has 124 valence electrons. The Morgan fingerprint density at radius 3 is 2.71 bits per heavy atom. The molecule has 2 aromatic heterocycles. The number of benzene rings is 1. The number of nitrogens with zero attached hydrogens (tertiary/aromatic N) is 1. The molecule has 1 aliphatic carbocycles. The van der Waals surface area contributed by atoms with Crippen molar-refractivity contribution < 1.29 is 9.21 Å². The number of anilines is 1. The predicted molar refractivity (Wildman–Crippen MR) is 97.1 cm³/mol. The quantitative estimate of drug-likeness (QED) is 0.718. The van der Waals surface area contributed by atoms with Gasteiger partial charge in [-0.1, -0.05) is 0 Å². The van der Waals surface area contributed by atoms with Crippen LogP contribution in [0, 0.1) is 20.8 Å². The third-order valence-electron chi connectivity index (χ3n) is 4.82. The highest BCUT2D eigenvalue weighted by Crippen LogP contribution is 2.31. The zero-order valence-electron chi connectivity index (χ0n) is 14.2. The Kier molecular flexibility index (Phi) is 3.68. The summed E-state index contributed by atoms with van der Waals surface area (Å²) in [6, 6.07) is 4.08. The van der Waals surface area contributed by atoms with E-state index >= 15 is 0 Å². The maximum absolute atomic E-state index is 12.6. The lowest BCUT2D eigenvalue weighted by atomic mass is 10.0. The van der Waals surface area contributed by atoms with Crippen LogP contribution in [-0.4, -0.2) is 10.9 Å². The first-order valence-corrected chi connectivity index (χ1v) is 9.15. The lowest BCUT2D eigenvalue weighted by Gasteiger charge is -2.06. The summed E-state index contributed by atoms with van der Waals surface area (Å²) in [4.78, 5) is 18.5. The summed E-state index contributed by atoms with van der Waals surface area (Å²) in [5.41, 5.74) is 5.15. The van der Waals surface area contributed by atoms with Crippen LogP contribution in [0.3, 0.4) is 0 Å². The molecule has 1 aromatic carbocycles. The molecule has 1 N–H and O–H groups in total. The highest BCUT2D eigenvalue weighted by Gasteiger charge is 2.21. The van der Waals surface area contributed by atoms with Crippen molar-refractivity contribution in [2.24, 2.45) is 0 Å². The van der Waals surface area contributed by atoms with Gasteiger partial charge in [0.15, 0.2) is 10.9 Å². The Balaban J connectivity index is 1.65. The molecule has 0 unspecified atom stereocenters. The maximum Gasteiger partial charge on any atom is 0.293 e. The number of carbonyl (C=O) groups excluding carboxylic acids is 1. The highest BCUT2D eigenvalue weighted by atomic mass is 32.1. The van der Waals surface area contributed by atoms with Gasteiger partial charge in [-0.3, -0.25) is 10.1 Å². The third kappa shape index (κ3) is 2.53. The number of amides is 1. The molecule has 3 aromatic rings. The van der Waals surface area contributed by atoms with Gasteiger partial charge in [-0.15, -0.1) is 11.3 Å². The summed E-state index contributed by atoms with van der Waals surface area (Å²) < 4.78 is 5.84. The molecule has 0 aliphatic heterocycles. The van der Waals surface area contributed by atoms with Crippen LogP contribution in [0.1, 0.15) is 50.7 Å². The van der Waals surface area contributed by atoms with Gasteiger partial charge in [0.05, 0.1) is 5.69 Å². The molecule has 0 bridgehead atoms. The molecular formula is C19H20N2O2S. The van der Waals surface area contributed by atoms with Crippen molar-refractivity contribution in [2.75, 3.05) is 5.32 Å². The van der Waals surface area contributed by atoms with E-state index in [9.17, 15) is 4.79 Å². The number of carbonyl (C=O) groups is 1. The molecule has 4 nitrogen and oxygen atoms in total. The van der Waals surface area contributed by atoms with E-state index in [2.05, 4.69) is 23.3 Å². The number of thiazole rings is 1. The summed E-state index contributed by atoms with van der Waals surface area (Å²) in [7, 11) is 0. The minimum Gasteiger partial charge on any atom is -0.451 e. The van der Waals surface area contributed by atoms with Gasteiger partial charge in [0.1, 0.15) is 5.58 Å². The molecule has 1 amide bonds. The molecule has 2 heterocycles. The first kappa shape index (κ1) is 15.4. The number of aromatic nitrogens is 1. The zero-order valence-corrected chi connectivity index (χ0v) is 15.0. The topological polar surface area (TPSA) is 55.1 Å². The first-order valence-electron chi connectivity index (χ1n) is 8.33. The van der Waals surface area contributed by atoms with Gasteiger partial charge >= 0.3 is 0 Å². The predicted octanol–water partition coefficient (Wildman–Crippen LogP) is 4.95. The van der Waals surface area contributed by atoms with E-state index < -0.39 is 0 Å². The average Bonchev–Trinajstić information content (AvgIpc) is 3.09. The van der Waals surface area contributed by atoms with Crippen LogP contribution in [0.5, 0.6) is 0 Å². The van der Waals surface area contributed by atoms with Crippen LogP contribution in [0.25, 0.3) is 11.0 Å². The fourth-order valence-electron chi connectivity index (χ4n) is 3.25. The number of nitrogens with one attached hydrogen (secondary N) is 1. The summed E-state index contributed by atoms with van der Waals surface area (Å²) in [6.45, 7) is 6.05. The number of hydrogen-bond donors (Lipinski definition) is 1. The Labute approximate surface area is 144 Å². The van der Waals surface area contributed by atoms with Crippen LogP contribution in [0.4, 0.5) is 5.13 Å². The van der Waals surface area contributed by atoms with Gasteiger partial charge in [-0.2, -0.15) is 0 Å². The van der Waals surface area contributed by atoms with Crippen molar-refractivity contribution in [3.05, 3.63) is 45.2 Å². The standard InChI is InChI=1S/C19H20N2O2S/c1-10-8-13-12(3)17(23-15(13)9-11(10)2)18(22)21-19-20-14-6-4-5-7-16(14)24-19/h8-9H,4-7H2,1-3H3,(H,20,21,22). The van der Waals surface area contributed by atoms with E-state index in [-0.39, 0.29) is 5.91 Å². The second-order valence-corrected chi connectivity index (χ2v) is 7.62. The summed E-state index contributed by atoms with van der Waals surface area (Å²) in [5, 5.41) is 4.60. The van der Waals surface area contributed by atoms with Crippen molar-refractivity contribution in [3.8, 4) is 0 Å². The molecule has 0 spiro atoms. The minimum absolute atomic E-state index is 0.217. The van der Waals surface area contributed by atoms with Gasteiger partial charge in [-0.25, -0.2) is 4.98 Å². The molecule has 0 saturated heterocycles. The molecule has 0 radical (unpaired) electrons. The van der Waals surface area contributed by atoms with Gasteiger partial charge in [0.2, 0.25) is 0 Å². The average molecular weight is 340 g/mol. The van der Waals surface area contributed by atoms with E-state index in [0.717, 1.165) is 40.6 Å². The van der Waals surface area contributed by atoms with Crippen LogP contribution in [-0.2, 0) is 12.8 Å². The van der Waals surface area contributed by atoms with Gasteiger partial charge < -0.3 is 4.42 Å². The zero-order chi connectivity index (χ0) is 16.8. The van der Waals surface area contributed by atoms with E-state index in [4.69, 9.17) is 4.42 Å². The fourth-order valence-corrected chi connectivity index (χ4v) is 4.30. The number of furan rings is 1. The summed E-state index contributed by atoms with van der Waals surface area (Å²) in [6.07, 6.45) is 4.49. The molecule has 4 rings (SSSR count). The van der Waals surface area contributed by atoms with Crippen molar-refractivity contribution in [1.29, 1.82) is 0 Å². The van der Waals surface area contributed by atoms with Gasteiger partial charge in [-0.05, 0) is 69.7 Å². The van der Waals surface area contributed by atoms with Crippen LogP contribution < -0.4 is 5.32 Å².